The smallest absolute Gasteiger partial charge is 0.269 e. The summed E-state index contributed by atoms with van der Waals surface area (Å²) in [5, 5.41) is 8.84. The van der Waals surface area contributed by atoms with Crippen molar-refractivity contribution in [2.45, 2.75) is 6.54 Å². The fourth-order valence-corrected chi connectivity index (χ4v) is 1.78. The molecule has 0 N–H and O–H groups in total. The Bertz CT molecular complexity index is 746. The molecule has 92 valence electrons. The molecule has 0 aliphatic carbocycles. The number of hydrogen-bond donors (Lipinski definition) is 0. The van der Waals surface area contributed by atoms with E-state index in [1.807, 2.05) is 6.07 Å². The zero-order valence-electron chi connectivity index (χ0n) is 9.93. The van der Waals surface area contributed by atoms with E-state index in [0.717, 1.165) is 0 Å². The molecule has 19 heavy (non-hydrogen) atoms. The first-order valence-electron chi connectivity index (χ1n) is 5.50. The number of halogens is 1. The van der Waals surface area contributed by atoms with E-state index in [1.165, 1.54) is 22.8 Å². The molecule has 1 heterocycles. The van der Waals surface area contributed by atoms with Gasteiger partial charge in [-0.2, -0.15) is 5.26 Å². The summed E-state index contributed by atoms with van der Waals surface area (Å²) in [7, 11) is 0. The molecule has 0 saturated heterocycles. The van der Waals surface area contributed by atoms with E-state index < -0.39 is 5.56 Å². The minimum Gasteiger partial charge on any atom is -0.296 e. The number of benzene rings is 1. The van der Waals surface area contributed by atoms with E-state index >= 15 is 0 Å². The van der Waals surface area contributed by atoms with Crippen LogP contribution >= 0.6 is 0 Å². The highest BCUT2D eigenvalue weighted by Gasteiger charge is 2.09. The van der Waals surface area contributed by atoms with Gasteiger partial charge in [0.05, 0.1) is 12.2 Å². The van der Waals surface area contributed by atoms with E-state index in [0.29, 0.717) is 11.3 Å². The molecule has 0 bridgehead atoms. The van der Waals surface area contributed by atoms with Crippen molar-refractivity contribution in [3.05, 3.63) is 58.1 Å². The molecule has 0 amide bonds. The molecule has 0 aliphatic heterocycles. The van der Waals surface area contributed by atoms with Gasteiger partial charge in [-0.05, 0) is 42.0 Å². The van der Waals surface area contributed by atoms with Crippen LogP contribution in [0, 0.1) is 29.5 Å². The summed E-state index contributed by atoms with van der Waals surface area (Å²) in [6.07, 6.45) is 5.24. The van der Waals surface area contributed by atoms with Crippen molar-refractivity contribution in [1.82, 2.24) is 4.57 Å². The molecule has 0 saturated carbocycles. The fraction of sp³-hybridized carbons (Fsp3) is 0.0667. The quantitative estimate of drug-likeness (QED) is 0.769. The van der Waals surface area contributed by atoms with Crippen LogP contribution in [0.2, 0.25) is 0 Å². The molecule has 1 aromatic carbocycles. The topological polar surface area (TPSA) is 45.8 Å². The van der Waals surface area contributed by atoms with Crippen molar-refractivity contribution in [3.63, 3.8) is 0 Å². The minimum atomic E-state index is -0.442. The monoisotopic (exact) mass is 252 g/mol. The fourth-order valence-electron chi connectivity index (χ4n) is 1.78. The van der Waals surface area contributed by atoms with Crippen molar-refractivity contribution in [2.24, 2.45) is 0 Å². The van der Waals surface area contributed by atoms with Crippen molar-refractivity contribution in [1.29, 1.82) is 5.26 Å². The molecule has 2 rings (SSSR count). The summed E-state index contributed by atoms with van der Waals surface area (Å²) in [6.45, 7) is 0.0566. The van der Waals surface area contributed by atoms with E-state index in [1.54, 1.807) is 18.2 Å². The molecule has 2 aromatic rings. The SMILES string of the molecule is C#CCn1c(-c2ccc(F)cc2)ccc(C#N)c1=O. The Kier molecular flexibility index (Phi) is 3.45. The van der Waals surface area contributed by atoms with Crippen LogP contribution in [0.3, 0.4) is 0 Å². The second-order valence-electron chi connectivity index (χ2n) is 3.85. The average molecular weight is 252 g/mol. The van der Waals surface area contributed by atoms with Gasteiger partial charge in [0, 0.05) is 0 Å². The summed E-state index contributed by atoms with van der Waals surface area (Å²) < 4.78 is 14.2. The van der Waals surface area contributed by atoms with Crippen LogP contribution < -0.4 is 5.56 Å². The summed E-state index contributed by atoms with van der Waals surface area (Å²) in [6, 6.07) is 10.6. The molecule has 0 fully saturated rings. The number of hydrogen-bond acceptors (Lipinski definition) is 2. The predicted molar refractivity (Wildman–Crippen MR) is 69.6 cm³/mol. The van der Waals surface area contributed by atoms with Gasteiger partial charge in [0.2, 0.25) is 0 Å². The first-order chi connectivity index (χ1) is 9.17. The van der Waals surface area contributed by atoms with Gasteiger partial charge in [-0.1, -0.05) is 5.92 Å². The second-order valence-corrected chi connectivity index (χ2v) is 3.85. The minimum absolute atomic E-state index is 0.0288. The third kappa shape index (κ3) is 2.38. The van der Waals surface area contributed by atoms with Crippen LogP contribution in [-0.2, 0) is 6.54 Å². The molecule has 0 atom stereocenters. The van der Waals surface area contributed by atoms with Crippen LogP contribution in [0.25, 0.3) is 11.3 Å². The van der Waals surface area contributed by atoms with Gasteiger partial charge in [-0.3, -0.25) is 9.36 Å². The van der Waals surface area contributed by atoms with Crippen LogP contribution in [0.5, 0.6) is 0 Å². The summed E-state index contributed by atoms with van der Waals surface area (Å²) in [5.41, 5.74) is 0.809. The van der Waals surface area contributed by atoms with E-state index in [4.69, 9.17) is 11.7 Å². The lowest BCUT2D eigenvalue weighted by Crippen LogP contribution is -2.23. The van der Waals surface area contributed by atoms with Gasteiger partial charge in [0.25, 0.3) is 5.56 Å². The molecular formula is C15H9FN2O. The van der Waals surface area contributed by atoms with Gasteiger partial charge in [0.15, 0.2) is 0 Å². The maximum Gasteiger partial charge on any atom is 0.269 e. The molecule has 0 unspecified atom stereocenters. The number of pyridine rings is 1. The van der Waals surface area contributed by atoms with Gasteiger partial charge in [-0.15, -0.1) is 6.42 Å². The van der Waals surface area contributed by atoms with Crippen LogP contribution in [0.4, 0.5) is 4.39 Å². The van der Waals surface area contributed by atoms with Gasteiger partial charge < -0.3 is 0 Å². The van der Waals surface area contributed by atoms with Crippen LogP contribution in [0.15, 0.2) is 41.2 Å². The van der Waals surface area contributed by atoms with Gasteiger partial charge in [-0.25, -0.2) is 4.39 Å². The molecule has 0 spiro atoms. The first kappa shape index (κ1) is 12.6. The summed E-state index contributed by atoms with van der Waals surface area (Å²) in [4.78, 5) is 12.0. The Morgan fingerprint density at radius 2 is 1.89 bits per heavy atom. The highest BCUT2D eigenvalue weighted by Crippen LogP contribution is 2.18. The Morgan fingerprint density at radius 1 is 1.21 bits per heavy atom. The number of terminal acetylenes is 1. The highest BCUT2D eigenvalue weighted by atomic mass is 19.1. The standard InChI is InChI=1S/C15H9FN2O/c1-2-9-18-14(8-5-12(10-17)15(18)19)11-3-6-13(16)7-4-11/h1,3-8H,9H2. The zero-order valence-corrected chi connectivity index (χ0v) is 9.93. The summed E-state index contributed by atoms with van der Waals surface area (Å²) >= 11 is 0. The van der Waals surface area contributed by atoms with Crippen molar-refractivity contribution >= 4 is 0 Å². The van der Waals surface area contributed by atoms with E-state index in [2.05, 4.69) is 5.92 Å². The predicted octanol–water partition coefficient (Wildman–Crippen LogP) is 2.16. The Morgan fingerprint density at radius 3 is 2.47 bits per heavy atom. The third-order valence-corrected chi connectivity index (χ3v) is 2.68. The maximum atomic E-state index is 12.9. The van der Waals surface area contributed by atoms with E-state index in [9.17, 15) is 9.18 Å². The van der Waals surface area contributed by atoms with Gasteiger partial charge >= 0.3 is 0 Å². The van der Waals surface area contributed by atoms with Crippen molar-refractivity contribution < 1.29 is 4.39 Å². The number of nitrogens with zero attached hydrogens (tertiary/aromatic N) is 2. The maximum absolute atomic E-state index is 12.9. The average Bonchev–Trinajstić information content (AvgIpc) is 2.42. The molecule has 0 radical (unpaired) electrons. The largest absolute Gasteiger partial charge is 0.296 e. The second kappa shape index (κ2) is 5.20. The Labute approximate surface area is 109 Å². The molecule has 1 aromatic heterocycles. The highest BCUT2D eigenvalue weighted by molar-refractivity contribution is 5.60. The zero-order chi connectivity index (χ0) is 13.8. The molecular weight excluding hydrogens is 243 g/mol. The molecule has 4 heteroatoms. The van der Waals surface area contributed by atoms with E-state index in [-0.39, 0.29) is 17.9 Å². The third-order valence-electron chi connectivity index (χ3n) is 2.68. The van der Waals surface area contributed by atoms with Gasteiger partial charge in [0.1, 0.15) is 17.4 Å². The number of aromatic nitrogens is 1. The lowest BCUT2D eigenvalue weighted by Gasteiger charge is -2.10. The van der Waals surface area contributed by atoms with Crippen molar-refractivity contribution in [2.75, 3.05) is 0 Å². The molecule has 3 nitrogen and oxygen atoms in total. The lowest BCUT2D eigenvalue weighted by molar-refractivity contribution is 0.628. The first-order valence-corrected chi connectivity index (χ1v) is 5.50. The lowest BCUT2D eigenvalue weighted by atomic mass is 10.1. The normalized spacial score (nSPS) is 9.63. The van der Waals surface area contributed by atoms with Crippen molar-refractivity contribution in [3.8, 4) is 29.7 Å². The number of nitriles is 1. The summed E-state index contributed by atoms with van der Waals surface area (Å²) in [5.74, 6) is 2.02. The Balaban J connectivity index is 2.68. The number of rotatable bonds is 2. The van der Waals surface area contributed by atoms with Crippen LogP contribution in [0.1, 0.15) is 5.56 Å². The van der Waals surface area contributed by atoms with Crippen LogP contribution in [-0.4, -0.2) is 4.57 Å². The Hall–Kier alpha value is -2.85. The molecule has 0 aliphatic rings.